The van der Waals surface area contributed by atoms with Crippen molar-refractivity contribution in [2.24, 2.45) is 34.6 Å². The average molecular weight is 1270 g/mol. The topological polar surface area (TPSA) is 520 Å². The lowest BCUT2D eigenvalue weighted by molar-refractivity contribution is -0.137. The second-order valence-electron chi connectivity index (χ2n) is 22.3. The van der Waals surface area contributed by atoms with Gasteiger partial charge in [-0.2, -0.15) is 0 Å². The molecule has 1 saturated heterocycles. The van der Waals surface area contributed by atoms with Gasteiger partial charge in [0.25, 0.3) is 0 Å². The van der Waals surface area contributed by atoms with E-state index >= 15 is 0 Å². The van der Waals surface area contributed by atoms with Crippen LogP contribution in [-0.2, 0) is 70.4 Å². The summed E-state index contributed by atoms with van der Waals surface area (Å²) >= 11 is 0. The summed E-state index contributed by atoms with van der Waals surface area (Å²) in [5.74, 6) is -12.1. The van der Waals surface area contributed by atoms with E-state index in [2.05, 4.69) is 63.8 Å². The maximum absolute atomic E-state index is 14.6. The van der Waals surface area contributed by atoms with Crippen LogP contribution in [0, 0.1) is 11.7 Å². The maximum Gasteiger partial charge on any atom is 0.245 e. The Morgan fingerprint density at radius 1 is 0.533 bits per heavy atom. The van der Waals surface area contributed by atoms with Crippen LogP contribution in [0.4, 0.5) is 4.39 Å². The molecule has 90 heavy (non-hydrogen) atoms. The van der Waals surface area contributed by atoms with Gasteiger partial charge in [0.05, 0.1) is 12.2 Å². The lowest BCUT2D eigenvalue weighted by atomic mass is 10.00. The molecular weight excluding hydrogens is 1180 g/mol. The molecule has 1 aliphatic heterocycles. The number of halogens is 1. The van der Waals surface area contributed by atoms with Crippen LogP contribution in [0.15, 0.2) is 54.6 Å². The molecule has 0 aliphatic carbocycles. The Kier molecular flexibility index (Phi) is 32.9. The fourth-order valence-electron chi connectivity index (χ4n) is 9.45. The Hall–Kier alpha value is -8.27. The van der Waals surface area contributed by atoms with E-state index in [1.54, 1.807) is 44.2 Å². The highest BCUT2D eigenvalue weighted by Crippen LogP contribution is 2.13. The highest BCUT2D eigenvalue weighted by atomic mass is 19.1. The van der Waals surface area contributed by atoms with E-state index in [0.29, 0.717) is 11.1 Å². The minimum absolute atomic E-state index is 0.0246. The van der Waals surface area contributed by atoms with Crippen molar-refractivity contribution in [1.29, 1.82) is 0 Å². The van der Waals surface area contributed by atoms with Gasteiger partial charge in [-0.05, 0) is 121 Å². The first kappa shape index (κ1) is 76.0. The van der Waals surface area contributed by atoms with Gasteiger partial charge in [0.2, 0.25) is 70.9 Å². The molecule has 32 heteroatoms. The van der Waals surface area contributed by atoms with E-state index in [1.807, 2.05) is 0 Å². The summed E-state index contributed by atoms with van der Waals surface area (Å²) in [5.41, 5.74) is 30.4. The number of aliphatic hydroxyl groups is 2. The predicted molar refractivity (Wildman–Crippen MR) is 326 cm³/mol. The Morgan fingerprint density at radius 2 is 1.00 bits per heavy atom. The van der Waals surface area contributed by atoms with Crippen molar-refractivity contribution >= 4 is 70.9 Å². The fourth-order valence-corrected chi connectivity index (χ4v) is 9.45. The van der Waals surface area contributed by atoms with E-state index < -0.39 is 168 Å². The third-order valence-corrected chi connectivity index (χ3v) is 14.2. The molecular formula is C58H92FN17O14. The fraction of sp³-hybridized carbons (Fsp3) is 0.586. The number of hydrogen-bond donors (Lipinski definition) is 19. The molecule has 13 atom stereocenters. The van der Waals surface area contributed by atoms with Crippen LogP contribution in [0.1, 0.15) is 90.7 Å². The third-order valence-electron chi connectivity index (χ3n) is 14.2. The van der Waals surface area contributed by atoms with Gasteiger partial charge < -0.3 is 103 Å². The number of nitrogens with two attached hydrogens (primary N) is 5. The Labute approximate surface area is 521 Å². The number of hydrogen-bond acceptors (Lipinski definition) is 19. The first-order valence-electron chi connectivity index (χ1n) is 29.9. The SMILES string of the molecule is CC(=O)N[C@H](Cc1ccc(F)cc1)C(=O)N[C@@H](CCN)C(=O)N[C@H](C(=O)N[C@@H](CCN)C(=O)N[C@H]1CCNC(=O)[C@H]([C@@H](C)O)NC(=O)[C@H](CCN)NC(=O)[C@H](CCN)NC(=O)[C@H](CC(C)C)NC(=O)[C@@H](Cc2ccccc2)NC(=O)[C@@H](CCN)NC1=O)[C@H](C)O. The van der Waals surface area contributed by atoms with Crippen LogP contribution < -0.4 is 92.5 Å². The molecule has 0 radical (unpaired) electrons. The smallest absolute Gasteiger partial charge is 0.245 e. The Balaban J connectivity index is 2.08. The van der Waals surface area contributed by atoms with E-state index in [-0.39, 0.29) is 90.0 Å². The summed E-state index contributed by atoms with van der Waals surface area (Å²) in [7, 11) is 0. The molecule has 1 fully saturated rings. The highest BCUT2D eigenvalue weighted by Gasteiger charge is 2.38. The van der Waals surface area contributed by atoms with Gasteiger partial charge in [-0.25, -0.2) is 4.39 Å². The van der Waals surface area contributed by atoms with Gasteiger partial charge in [-0.1, -0.05) is 56.3 Å². The number of carbonyl (C=O) groups excluding carboxylic acids is 12. The predicted octanol–water partition coefficient (Wildman–Crippen LogP) is -6.96. The molecule has 2 aromatic carbocycles. The van der Waals surface area contributed by atoms with Gasteiger partial charge in [-0.15, -0.1) is 0 Å². The van der Waals surface area contributed by atoms with Gasteiger partial charge in [0, 0.05) is 26.3 Å². The zero-order valence-electron chi connectivity index (χ0n) is 51.4. The third kappa shape index (κ3) is 25.7. The van der Waals surface area contributed by atoms with Crippen molar-refractivity contribution in [1.82, 2.24) is 63.8 Å². The van der Waals surface area contributed by atoms with E-state index in [0.717, 1.165) is 26.0 Å². The monoisotopic (exact) mass is 1270 g/mol. The largest absolute Gasteiger partial charge is 0.391 e. The number of amides is 12. The van der Waals surface area contributed by atoms with E-state index in [1.165, 1.54) is 19.1 Å². The lowest BCUT2D eigenvalue weighted by Gasteiger charge is -2.29. The van der Waals surface area contributed by atoms with Gasteiger partial charge in [-0.3, -0.25) is 57.5 Å². The molecule has 0 spiro atoms. The molecule has 0 aromatic heterocycles. The molecule has 0 bridgehead atoms. The van der Waals surface area contributed by atoms with Crippen molar-refractivity contribution in [2.45, 2.75) is 171 Å². The number of carbonyl (C=O) groups is 12. The van der Waals surface area contributed by atoms with Gasteiger partial charge in [0.1, 0.15) is 72.3 Å². The highest BCUT2D eigenvalue weighted by molar-refractivity contribution is 5.99. The van der Waals surface area contributed by atoms with Crippen molar-refractivity contribution in [3.05, 3.63) is 71.5 Å². The molecule has 31 nitrogen and oxygen atoms in total. The molecule has 12 amide bonds. The maximum atomic E-state index is 14.6. The van der Waals surface area contributed by atoms with Gasteiger partial charge >= 0.3 is 0 Å². The Bertz CT molecular complexity index is 2730. The van der Waals surface area contributed by atoms with E-state index in [4.69, 9.17) is 28.7 Å². The number of aliphatic hydroxyl groups excluding tert-OH is 2. The average Bonchev–Trinajstić information content (AvgIpc) is 1.55. The summed E-state index contributed by atoms with van der Waals surface area (Å²) in [6.45, 7) is 5.52. The summed E-state index contributed by atoms with van der Waals surface area (Å²) in [6.07, 6.45) is -5.20. The molecule has 3 rings (SSSR count). The van der Waals surface area contributed by atoms with Crippen LogP contribution in [0.3, 0.4) is 0 Å². The molecule has 1 heterocycles. The quantitative estimate of drug-likeness (QED) is 0.0395. The van der Waals surface area contributed by atoms with Crippen LogP contribution in [-0.4, -0.2) is 199 Å². The number of rotatable bonds is 27. The molecule has 2 aromatic rings. The van der Waals surface area contributed by atoms with E-state index in [9.17, 15) is 72.1 Å². The zero-order chi connectivity index (χ0) is 67.2. The lowest BCUT2D eigenvalue weighted by Crippen LogP contribution is -2.62. The molecule has 24 N–H and O–H groups in total. The zero-order valence-corrected chi connectivity index (χ0v) is 51.4. The van der Waals surface area contributed by atoms with Crippen molar-refractivity contribution in [2.75, 3.05) is 39.3 Å². The van der Waals surface area contributed by atoms with Crippen molar-refractivity contribution in [3.63, 3.8) is 0 Å². The normalized spacial score (nSPS) is 22.2. The summed E-state index contributed by atoms with van der Waals surface area (Å²) in [5, 5.41) is 51.8. The van der Waals surface area contributed by atoms with Crippen LogP contribution in [0.2, 0.25) is 0 Å². The van der Waals surface area contributed by atoms with Crippen molar-refractivity contribution < 1.29 is 72.1 Å². The first-order chi connectivity index (χ1) is 42.7. The summed E-state index contributed by atoms with van der Waals surface area (Å²) in [4.78, 5) is 167. The number of benzene rings is 2. The molecule has 0 unspecified atom stereocenters. The van der Waals surface area contributed by atoms with Crippen LogP contribution >= 0.6 is 0 Å². The van der Waals surface area contributed by atoms with Crippen LogP contribution in [0.25, 0.3) is 0 Å². The van der Waals surface area contributed by atoms with Crippen molar-refractivity contribution in [3.8, 4) is 0 Å². The molecule has 0 saturated carbocycles. The molecule has 500 valence electrons. The second kappa shape index (κ2) is 39.0. The Morgan fingerprint density at radius 3 is 1.50 bits per heavy atom. The van der Waals surface area contributed by atoms with Gasteiger partial charge in [0.15, 0.2) is 0 Å². The molecule has 1 aliphatic rings. The van der Waals surface area contributed by atoms with Crippen LogP contribution in [0.5, 0.6) is 0 Å². The second-order valence-corrected chi connectivity index (χ2v) is 22.3. The summed E-state index contributed by atoms with van der Waals surface area (Å²) in [6, 6.07) is -3.21. The standard InChI is InChI=1S/C58H92FN17O14/c1-30(2)27-43-54(86)69-37(15-21-60)48(80)68-40(18-24-63)52(84)75-46(31(3)77)57(89)65-26-20-42(51(83)67-38(16-22-61)50(82)74-45(56(88)73-43)28-34-9-7-6-8-10-34)71-49(81)39(17-23-62)72-58(90)47(32(4)78)76-53(85)41(19-25-64)70-55(87)44(66-33(5)79)29-35-11-13-36(59)14-12-35/h6-14,30-32,37-47,77-78H,15-29,60-64H2,1-5H3,(H,65,89)(H,66,79)(H,67,83)(H,68,80)(H,69,86)(H,70,87)(H,71,81)(H,72,90)(H,73,88)(H,74,82)(H,75,84)(H,76,85)/t31-,32+,37+,38-,39+,40+,41+,42+,43+,44-,45-,46+,47+/m1/s1. The first-order valence-corrected chi connectivity index (χ1v) is 29.9. The summed E-state index contributed by atoms with van der Waals surface area (Å²) < 4.78 is 13.7. The number of nitrogens with one attached hydrogen (secondary N) is 12. The minimum atomic E-state index is -1.84. The minimum Gasteiger partial charge on any atom is -0.391 e.